The fourth-order valence-electron chi connectivity index (χ4n) is 2.06. The minimum Gasteiger partial charge on any atom is -0.352 e. The lowest BCUT2D eigenvalue weighted by molar-refractivity contribution is 0.0949. The molecule has 1 amide bonds. The summed E-state index contributed by atoms with van der Waals surface area (Å²) in [6.45, 7) is 2.80. The van der Waals surface area contributed by atoms with Crippen molar-refractivity contribution in [3.8, 4) is 0 Å². The van der Waals surface area contributed by atoms with Crippen LogP contribution in [0.25, 0.3) is 0 Å². The van der Waals surface area contributed by atoms with Gasteiger partial charge in [0.1, 0.15) is 0 Å². The van der Waals surface area contributed by atoms with E-state index in [4.69, 9.17) is 0 Å². The monoisotopic (exact) mass is 295 g/mol. The Hall–Kier alpha value is -0.830. The zero-order chi connectivity index (χ0) is 12.3. The van der Waals surface area contributed by atoms with Crippen LogP contribution in [0.1, 0.15) is 41.6 Å². The van der Waals surface area contributed by atoms with Gasteiger partial charge in [-0.1, -0.05) is 35.2 Å². The zero-order valence-electron chi connectivity index (χ0n) is 10.1. The molecule has 0 bridgehead atoms. The third-order valence-corrected chi connectivity index (χ3v) is 4.37. The van der Waals surface area contributed by atoms with Gasteiger partial charge in [-0.3, -0.25) is 4.79 Å². The number of nitrogens with one attached hydrogen (secondary N) is 1. The molecule has 1 fully saturated rings. The van der Waals surface area contributed by atoms with Crippen LogP contribution in [0.4, 0.5) is 0 Å². The summed E-state index contributed by atoms with van der Waals surface area (Å²) in [5, 5.41) is 2.99. The minimum atomic E-state index is 0.0416. The summed E-state index contributed by atoms with van der Waals surface area (Å²) >= 11 is 3.44. The first-order valence-electron chi connectivity index (χ1n) is 6.21. The van der Waals surface area contributed by atoms with Gasteiger partial charge in [0.25, 0.3) is 5.91 Å². The van der Waals surface area contributed by atoms with Crippen molar-refractivity contribution in [1.29, 1.82) is 0 Å². The fourth-order valence-corrected chi connectivity index (χ4v) is 2.31. The number of carbonyl (C=O) groups is 1. The van der Waals surface area contributed by atoms with Crippen molar-refractivity contribution in [2.45, 2.75) is 32.6 Å². The highest BCUT2D eigenvalue weighted by atomic mass is 79.9. The highest BCUT2D eigenvalue weighted by molar-refractivity contribution is 9.10. The highest BCUT2D eigenvalue weighted by Gasteiger charge is 2.17. The van der Waals surface area contributed by atoms with Crippen molar-refractivity contribution in [2.24, 2.45) is 5.92 Å². The van der Waals surface area contributed by atoms with Crippen LogP contribution in [0.2, 0.25) is 0 Å². The van der Waals surface area contributed by atoms with E-state index in [-0.39, 0.29) is 5.91 Å². The number of halogens is 1. The smallest absolute Gasteiger partial charge is 0.251 e. The summed E-state index contributed by atoms with van der Waals surface area (Å²) in [4.78, 5) is 11.9. The molecule has 17 heavy (non-hydrogen) atoms. The second-order valence-electron chi connectivity index (χ2n) is 4.81. The van der Waals surface area contributed by atoms with E-state index in [1.807, 2.05) is 25.1 Å². The first kappa shape index (κ1) is 12.6. The van der Waals surface area contributed by atoms with Crippen molar-refractivity contribution >= 4 is 21.8 Å². The number of carbonyl (C=O) groups excluding carboxylic acids is 1. The van der Waals surface area contributed by atoms with Crippen molar-refractivity contribution in [3.05, 3.63) is 33.8 Å². The molecule has 0 aromatic heterocycles. The van der Waals surface area contributed by atoms with E-state index in [0.29, 0.717) is 0 Å². The van der Waals surface area contributed by atoms with Crippen LogP contribution >= 0.6 is 15.9 Å². The molecule has 1 aromatic carbocycles. The van der Waals surface area contributed by atoms with Gasteiger partial charge in [-0.05, 0) is 43.0 Å². The lowest BCUT2D eigenvalue weighted by atomic mass is 9.83. The lowest BCUT2D eigenvalue weighted by Gasteiger charge is -2.25. The van der Waals surface area contributed by atoms with Crippen LogP contribution in [-0.4, -0.2) is 12.5 Å². The van der Waals surface area contributed by atoms with Crippen molar-refractivity contribution in [2.75, 3.05) is 6.54 Å². The van der Waals surface area contributed by atoms with Crippen molar-refractivity contribution in [1.82, 2.24) is 5.32 Å². The Morgan fingerprint density at radius 3 is 2.82 bits per heavy atom. The molecular formula is C14H18BrNO. The average Bonchev–Trinajstić information content (AvgIpc) is 2.25. The Bertz CT molecular complexity index is 413. The molecule has 1 N–H and O–H groups in total. The quantitative estimate of drug-likeness (QED) is 0.902. The van der Waals surface area contributed by atoms with E-state index >= 15 is 0 Å². The predicted molar refractivity (Wildman–Crippen MR) is 73.2 cm³/mol. The molecule has 0 aliphatic heterocycles. The van der Waals surface area contributed by atoms with Crippen LogP contribution in [0, 0.1) is 12.8 Å². The van der Waals surface area contributed by atoms with Gasteiger partial charge in [0.05, 0.1) is 0 Å². The average molecular weight is 296 g/mol. The fraction of sp³-hybridized carbons (Fsp3) is 0.500. The molecule has 0 heterocycles. The molecule has 2 nitrogen and oxygen atoms in total. The van der Waals surface area contributed by atoms with E-state index in [9.17, 15) is 4.79 Å². The van der Waals surface area contributed by atoms with Crippen molar-refractivity contribution < 1.29 is 4.79 Å². The maximum absolute atomic E-state index is 11.9. The number of hydrogen-bond acceptors (Lipinski definition) is 1. The minimum absolute atomic E-state index is 0.0416. The summed E-state index contributed by atoms with van der Waals surface area (Å²) in [6, 6.07) is 5.70. The topological polar surface area (TPSA) is 29.1 Å². The molecule has 1 aromatic rings. The second-order valence-corrected chi connectivity index (χ2v) is 5.66. The summed E-state index contributed by atoms with van der Waals surface area (Å²) < 4.78 is 1.04. The standard InChI is InChI=1S/C14H18BrNO/c1-10-9-12(5-6-13(10)15)14(17)16-8-7-11-3-2-4-11/h5-6,9,11H,2-4,7-8H2,1H3,(H,16,17). The summed E-state index contributed by atoms with van der Waals surface area (Å²) in [5.74, 6) is 0.891. The van der Waals surface area contributed by atoms with E-state index < -0.39 is 0 Å². The molecule has 1 aliphatic carbocycles. The molecule has 2 rings (SSSR count). The van der Waals surface area contributed by atoms with Crippen LogP contribution in [0.15, 0.2) is 22.7 Å². The van der Waals surface area contributed by atoms with Crippen LogP contribution in [0.5, 0.6) is 0 Å². The molecule has 92 valence electrons. The van der Waals surface area contributed by atoms with E-state index in [1.165, 1.54) is 19.3 Å². The maximum atomic E-state index is 11.9. The molecule has 1 aliphatic rings. The summed E-state index contributed by atoms with van der Waals surface area (Å²) in [7, 11) is 0. The molecular weight excluding hydrogens is 278 g/mol. The number of aryl methyl sites for hydroxylation is 1. The molecule has 0 saturated heterocycles. The lowest BCUT2D eigenvalue weighted by Crippen LogP contribution is -2.27. The first-order valence-corrected chi connectivity index (χ1v) is 7.00. The molecule has 0 radical (unpaired) electrons. The Kier molecular flexibility index (Phi) is 4.21. The Labute approximate surface area is 111 Å². The highest BCUT2D eigenvalue weighted by Crippen LogP contribution is 2.28. The number of hydrogen-bond donors (Lipinski definition) is 1. The van der Waals surface area contributed by atoms with Gasteiger partial charge < -0.3 is 5.32 Å². The third-order valence-electron chi connectivity index (χ3n) is 3.48. The maximum Gasteiger partial charge on any atom is 0.251 e. The summed E-state index contributed by atoms with van der Waals surface area (Å²) in [6.07, 6.45) is 5.17. The van der Waals surface area contributed by atoms with Gasteiger partial charge in [0, 0.05) is 16.6 Å². The molecule has 3 heteroatoms. The van der Waals surface area contributed by atoms with Gasteiger partial charge in [-0.15, -0.1) is 0 Å². The van der Waals surface area contributed by atoms with Gasteiger partial charge in [-0.25, -0.2) is 0 Å². The number of amides is 1. The largest absolute Gasteiger partial charge is 0.352 e. The molecule has 0 atom stereocenters. The van der Waals surface area contributed by atoms with E-state index in [1.54, 1.807) is 0 Å². The predicted octanol–water partition coefficient (Wildman–Crippen LogP) is 3.68. The van der Waals surface area contributed by atoms with E-state index in [0.717, 1.165) is 34.5 Å². The first-order chi connectivity index (χ1) is 8.16. The van der Waals surface area contributed by atoms with Gasteiger partial charge in [-0.2, -0.15) is 0 Å². The third kappa shape index (κ3) is 3.32. The van der Waals surface area contributed by atoms with Gasteiger partial charge >= 0.3 is 0 Å². The van der Waals surface area contributed by atoms with Crippen LogP contribution in [0.3, 0.4) is 0 Å². The van der Waals surface area contributed by atoms with Gasteiger partial charge in [0.2, 0.25) is 0 Å². The molecule has 0 unspecified atom stereocenters. The number of benzene rings is 1. The summed E-state index contributed by atoms with van der Waals surface area (Å²) in [5.41, 5.74) is 1.84. The zero-order valence-corrected chi connectivity index (χ0v) is 11.7. The molecule has 0 spiro atoms. The second kappa shape index (κ2) is 5.67. The van der Waals surface area contributed by atoms with Crippen LogP contribution in [-0.2, 0) is 0 Å². The Balaban J connectivity index is 1.83. The molecule has 1 saturated carbocycles. The Morgan fingerprint density at radius 2 is 2.24 bits per heavy atom. The number of rotatable bonds is 4. The van der Waals surface area contributed by atoms with E-state index in [2.05, 4.69) is 21.2 Å². The van der Waals surface area contributed by atoms with Crippen LogP contribution < -0.4 is 5.32 Å². The Morgan fingerprint density at radius 1 is 1.47 bits per heavy atom. The normalized spacial score (nSPS) is 15.4. The van der Waals surface area contributed by atoms with Gasteiger partial charge in [0.15, 0.2) is 0 Å². The van der Waals surface area contributed by atoms with Crippen molar-refractivity contribution in [3.63, 3.8) is 0 Å². The SMILES string of the molecule is Cc1cc(C(=O)NCCC2CCC2)ccc1Br.